The molecule has 1 amide bonds. The fourth-order valence-corrected chi connectivity index (χ4v) is 4.45. The highest BCUT2D eigenvalue weighted by molar-refractivity contribution is 7.89. The van der Waals surface area contributed by atoms with E-state index in [9.17, 15) is 13.2 Å². The van der Waals surface area contributed by atoms with Crippen LogP contribution < -0.4 is 4.72 Å². The van der Waals surface area contributed by atoms with E-state index in [1.807, 2.05) is 11.8 Å². The van der Waals surface area contributed by atoms with E-state index in [1.54, 1.807) is 12.1 Å². The molecular formula is C18H26N2O4S. The summed E-state index contributed by atoms with van der Waals surface area (Å²) in [5.74, 6) is -0.0756. The molecule has 0 spiro atoms. The molecule has 138 valence electrons. The molecule has 7 heteroatoms. The third kappa shape index (κ3) is 4.40. The Morgan fingerprint density at radius 1 is 1.24 bits per heavy atom. The van der Waals surface area contributed by atoms with Gasteiger partial charge in [0.15, 0.2) is 0 Å². The number of nitrogens with zero attached hydrogens (tertiary/aromatic N) is 1. The largest absolute Gasteiger partial charge is 0.377 e. The first-order valence-corrected chi connectivity index (χ1v) is 10.5. The van der Waals surface area contributed by atoms with E-state index in [0.717, 1.165) is 50.8 Å². The minimum Gasteiger partial charge on any atom is -0.377 e. The standard InChI is InChI=1S/C18H26N2O4S/c1-14-7-8-16(25(22,23)19-13-15-6-5-11-24-15)12-17(14)18(21)20-9-3-2-4-10-20/h7-8,12,15,19H,2-6,9-11,13H2,1H3/t15-/m0/s1. The number of carbonyl (C=O) groups is 1. The van der Waals surface area contributed by atoms with Crippen molar-refractivity contribution in [2.45, 2.75) is 50.0 Å². The number of amides is 1. The van der Waals surface area contributed by atoms with Crippen LogP contribution in [0.4, 0.5) is 0 Å². The number of piperidine rings is 1. The molecule has 0 unspecified atom stereocenters. The van der Waals surface area contributed by atoms with E-state index < -0.39 is 10.0 Å². The monoisotopic (exact) mass is 366 g/mol. The fraction of sp³-hybridized carbons (Fsp3) is 0.611. The third-order valence-electron chi connectivity index (χ3n) is 4.92. The lowest BCUT2D eigenvalue weighted by atomic mass is 10.1. The normalized spacial score (nSPS) is 21.5. The van der Waals surface area contributed by atoms with E-state index in [4.69, 9.17) is 4.74 Å². The number of benzene rings is 1. The van der Waals surface area contributed by atoms with Gasteiger partial charge in [-0.2, -0.15) is 0 Å². The van der Waals surface area contributed by atoms with Crippen LogP contribution in [0.5, 0.6) is 0 Å². The minimum atomic E-state index is -3.65. The Morgan fingerprint density at radius 3 is 2.68 bits per heavy atom. The van der Waals surface area contributed by atoms with Gasteiger partial charge in [0.25, 0.3) is 5.91 Å². The first-order valence-electron chi connectivity index (χ1n) is 8.98. The Balaban J connectivity index is 1.76. The van der Waals surface area contributed by atoms with E-state index in [0.29, 0.717) is 12.2 Å². The zero-order valence-electron chi connectivity index (χ0n) is 14.7. The van der Waals surface area contributed by atoms with Gasteiger partial charge in [-0.25, -0.2) is 13.1 Å². The van der Waals surface area contributed by atoms with Gasteiger partial charge >= 0.3 is 0 Å². The van der Waals surface area contributed by atoms with Crippen molar-refractivity contribution >= 4 is 15.9 Å². The van der Waals surface area contributed by atoms with E-state index in [1.165, 1.54) is 6.07 Å². The zero-order chi connectivity index (χ0) is 17.9. The summed E-state index contributed by atoms with van der Waals surface area (Å²) in [4.78, 5) is 14.7. The molecule has 1 N–H and O–H groups in total. The van der Waals surface area contributed by atoms with Crippen LogP contribution in [0.2, 0.25) is 0 Å². The average molecular weight is 366 g/mol. The van der Waals surface area contributed by atoms with Gasteiger partial charge in [0.1, 0.15) is 0 Å². The maximum absolute atomic E-state index is 12.8. The second kappa shape index (κ2) is 7.85. The Hall–Kier alpha value is -1.44. The molecule has 1 atom stereocenters. The maximum atomic E-state index is 12.8. The van der Waals surface area contributed by atoms with Gasteiger partial charge in [0.2, 0.25) is 10.0 Å². The van der Waals surface area contributed by atoms with E-state index in [2.05, 4.69) is 4.72 Å². The van der Waals surface area contributed by atoms with Crippen LogP contribution in [-0.2, 0) is 14.8 Å². The third-order valence-corrected chi connectivity index (χ3v) is 6.34. The van der Waals surface area contributed by atoms with Crippen LogP contribution >= 0.6 is 0 Å². The van der Waals surface area contributed by atoms with Crippen LogP contribution in [0.3, 0.4) is 0 Å². The lowest BCUT2D eigenvalue weighted by molar-refractivity contribution is 0.0723. The van der Waals surface area contributed by atoms with Crippen molar-refractivity contribution < 1.29 is 17.9 Å². The van der Waals surface area contributed by atoms with Gasteiger partial charge in [-0.3, -0.25) is 4.79 Å². The molecule has 0 radical (unpaired) electrons. The maximum Gasteiger partial charge on any atom is 0.254 e. The summed E-state index contributed by atoms with van der Waals surface area (Å²) in [6.45, 7) is 4.28. The highest BCUT2D eigenvalue weighted by Crippen LogP contribution is 2.20. The zero-order valence-corrected chi connectivity index (χ0v) is 15.5. The second-order valence-electron chi connectivity index (χ2n) is 6.82. The molecule has 2 aliphatic rings. The van der Waals surface area contributed by atoms with Crippen LogP contribution in [-0.4, -0.2) is 51.6 Å². The number of rotatable bonds is 5. The Labute approximate surface area is 149 Å². The smallest absolute Gasteiger partial charge is 0.254 e. The predicted molar refractivity (Wildman–Crippen MR) is 95.1 cm³/mol. The number of hydrogen-bond acceptors (Lipinski definition) is 4. The van der Waals surface area contributed by atoms with Crippen molar-refractivity contribution in [2.75, 3.05) is 26.2 Å². The van der Waals surface area contributed by atoms with E-state index in [-0.39, 0.29) is 23.5 Å². The molecule has 3 rings (SSSR count). The van der Waals surface area contributed by atoms with Crippen LogP contribution in [0, 0.1) is 6.92 Å². The van der Waals surface area contributed by atoms with Crippen molar-refractivity contribution in [2.24, 2.45) is 0 Å². The molecule has 0 saturated carbocycles. The molecule has 1 aromatic carbocycles. The average Bonchev–Trinajstić information content (AvgIpc) is 3.14. The van der Waals surface area contributed by atoms with Gasteiger partial charge in [0.05, 0.1) is 11.0 Å². The summed E-state index contributed by atoms with van der Waals surface area (Å²) < 4.78 is 33.2. The number of hydrogen-bond donors (Lipinski definition) is 1. The molecule has 0 bridgehead atoms. The van der Waals surface area contributed by atoms with Crippen molar-refractivity contribution in [3.05, 3.63) is 29.3 Å². The summed E-state index contributed by atoms with van der Waals surface area (Å²) in [6, 6.07) is 4.77. The Morgan fingerprint density at radius 2 is 2.00 bits per heavy atom. The quantitative estimate of drug-likeness (QED) is 0.866. The van der Waals surface area contributed by atoms with Crippen LogP contribution in [0.25, 0.3) is 0 Å². The highest BCUT2D eigenvalue weighted by atomic mass is 32.2. The predicted octanol–water partition coefficient (Wildman–Crippen LogP) is 2.08. The molecule has 25 heavy (non-hydrogen) atoms. The highest BCUT2D eigenvalue weighted by Gasteiger charge is 2.24. The van der Waals surface area contributed by atoms with Gasteiger partial charge in [0, 0.05) is 31.8 Å². The molecule has 2 saturated heterocycles. The summed E-state index contributed by atoms with van der Waals surface area (Å²) in [5, 5.41) is 0. The van der Waals surface area contributed by atoms with Crippen LogP contribution in [0.15, 0.2) is 23.1 Å². The first-order chi connectivity index (χ1) is 12.0. The van der Waals surface area contributed by atoms with Gasteiger partial charge in [-0.15, -0.1) is 0 Å². The molecular weight excluding hydrogens is 340 g/mol. The molecule has 6 nitrogen and oxygen atoms in total. The molecule has 0 aromatic heterocycles. The molecule has 2 fully saturated rings. The summed E-state index contributed by atoms with van der Waals surface area (Å²) in [7, 11) is -3.65. The van der Waals surface area contributed by atoms with Crippen LogP contribution in [0.1, 0.15) is 48.0 Å². The van der Waals surface area contributed by atoms with Gasteiger partial charge < -0.3 is 9.64 Å². The minimum absolute atomic E-state index is 0.0605. The SMILES string of the molecule is Cc1ccc(S(=O)(=O)NC[C@@H]2CCCO2)cc1C(=O)N1CCCCC1. The lowest BCUT2D eigenvalue weighted by Crippen LogP contribution is -2.36. The van der Waals surface area contributed by atoms with Gasteiger partial charge in [-0.05, 0) is 56.7 Å². The summed E-state index contributed by atoms with van der Waals surface area (Å²) in [5.41, 5.74) is 1.27. The van der Waals surface area contributed by atoms with Crippen molar-refractivity contribution in [3.8, 4) is 0 Å². The Kier molecular flexibility index (Phi) is 5.76. The summed E-state index contributed by atoms with van der Waals surface area (Å²) in [6.07, 6.45) is 4.93. The van der Waals surface area contributed by atoms with Crippen molar-refractivity contribution in [1.82, 2.24) is 9.62 Å². The topological polar surface area (TPSA) is 75.7 Å². The number of nitrogens with one attached hydrogen (secondary N) is 1. The lowest BCUT2D eigenvalue weighted by Gasteiger charge is -2.27. The number of likely N-dealkylation sites (tertiary alicyclic amines) is 1. The molecule has 2 aliphatic heterocycles. The molecule has 2 heterocycles. The molecule has 0 aliphatic carbocycles. The molecule has 1 aromatic rings. The van der Waals surface area contributed by atoms with Crippen molar-refractivity contribution in [1.29, 1.82) is 0 Å². The van der Waals surface area contributed by atoms with Crippen molar-refractivity contribution in [3.63, 3.8) is 0 Å². The second-order valence-corrected chi connectivity index (χ2v) is 8.58. The fourth-order valence-electron chi connectivity index (χ4n) is 3.36. The summed E-state index contributed by atoms with van der Waals surface area (Å²) >= 11 is 0. The number of ether oxygens (including phenoxy) is 1. The number of sulfonamides is 1. The number of aryl methyl sites for hydroxylation is 1. The Bertz CT molecular complexity index is 721. The van der Waals surface area contributed by atoms with Gasteiger partial charge in [-0.1, -0.05) is 6.07 Å². The first kappa shape index (κ1) is 18.4. The number of carbonyl (C=O) groups excluding carboxylic acids is 1. The van der Waals surface area contributed by atoms with E-state index >= 15 is 0 Å².